The Morgan fingerprint density at radius 3 is 2.79 bits per heavy atom. The van der Waals surface area contributed by atoms with Crippen molar-refractivity contribution in [3.05, 3.63) is 51.2 Å². The average Bonchev–Trinajstić information content (AvgIpc) is 3.39. The molecule has 1 aromatic carbocycles. The van der Waals surface area contributed by atoms with Gasteiger partial charge in [0.2, 0.25) is 5.91 Å². The Morgan fingerprint density at radius 2 is 1.97 bits per heavy atom. The lowest BCUT2D eigenvalue weighted by atomic mass is 10.1. The first kappa shape index (κ1) is 19.2. The number of thiophene rings is 1. The van der Waals surface area contributed by atoms with E-state index in [0.29, 0.717) is 12.6 Å². The van der Waals surface area contributed by atoms with Crippen molar-refractivity contribution in [1.82, 2.24) is 19.7 Å². The summed E-state index contributed by atoms with van der Waals surface area (Å²) in [4.78, 5) is 26.0. The molecule has 5 nitrogen and oxygen atoms in total. The van der Waals surface area contributed by atoms with Crippen molar-refractivity contribution in [2.75, 3.05) is 39.3 Å². The summed E-state index contributed by atoms with van der Waals surface area (Å²) in [5, 5.41) is 3.34. The molecule has 3 aromatic rings. The van der Waals surface area contributed by atoms with Gasteiger partial charge in [0.15, 0.2) is 0 Å². The molecule has 0 saturated carbocycles. The molecule has 152 valence electrons. The van der Waals surface area contributed by atoms with Crippen LogP contribution >= 0.6 is 22.7 Å². The second-order valence-corrected chi connectivity index (χ2v) is 10.0. The van der Waals surface area contributed by atoms with E-state index in [1.165, 1.54) is 20.1 Å². The lowest BCUT2D eigenvalue weighted by Crippen LogP contribution is -2.51. The Hall–Kier alpha value is -1.80. The molecule has 0 N–H and O–H groups in total. The van der Waals surface area contributed by atoms with E-state index in [4.69, 9.17) is 4.98 Å². The van der Waals surface area contributed by atoms with E-state index in [1.54, 1.807) is 11.3 Å². The molecule has 0 unspecified atom stereocenters. The predicted octanol–water partition coefficient (Wildman–Crippen LogP) is 3.62. The number of thiazole rings is 1. The maximum atomic E-state index is 12.8. The summed E-state index contributed by atoms with van der Waals surface area (Å²) in [6.45, 7) is 8.14. The first-order valence-corrected chi connectivity index (χ1v) is 12.0. The number of fused-ring (bicyclic) bond motifs is 2. The number of piperazine rings is 1. The normalized spacial score (nSPS) is 19.4. The van der Waals surface area contributed by atoms with Crippen LogP contribution in [-0.4, -0.2) is 64.9 Å². The number of carbonyl (C=O) groups is 1. The number of nitrogens with zero attached hydrogens (tertiary/aromatic N) is 4. The summed E-state index contributed by atoms with van der Waals surface area (Å²) in [6, 6.07) is 10.8. The van der Waals surface area contributed by atoms with Gasteiger partial charge >= 0.3 is 0 Å². The number of aromatic nitrogens is 1. The summed E-state index contributed by atoms with van der Waals surface area (Å²) in [5.74, 6) is 0.274. The first-order valence-electron chi connectivity index (χ1n) is 10.3. The summed E-state index contributed by atoms with van der Waals surface area (Å²) in [7, 11) is 0. The van der Waals surface area contributed by atoms with E-state index < -0.39 is 0 Å². The van der Waals surface area contributed by atoms with E-state index in [9.17, 15) is 4.79 Å². The van der Waals surface area contributed by atoms with Gasteiger partial charge < -0.3 is 4.90 Å². The van der Waals surface area contributed by atoms with Gasteiger partial charge in [0.05, 0.1) is 22.8 Å². The van der Waals surface area contributed by atoms with Crippen LogP contribution in [0.2, 0.25) is 0 Å². The highest BCUT2D eigenvalue weighted by atomic mass is 32.1. The molecule has 0 radical (unpaired) electrons. The monoisotopic (exact) mass is 426 g/mol. The Kier molecular flexibility index (Phi) is 5.39. The van der Waals surface area contributed by atoms with E-state index in [0.717, 1.165) is 51.2 Å². The highest BCUT2D eigenvalue weighted by Crippen LogP contribution is 2.30. The first-order chi connectivity index (χ1) is 14.2. The molecule has 0 spiro atoms. The lowest BCUT2D eigenvalue weighted by molar-refractivity contribution is -0.134. The van der Waals surface area contributed by atoms with E-state index >= 15 is 0 Å². The van der Waals surface area contributed by atoms with Crippen molar-refractivity contribution >= 4 is 38.8 Å². The molecule has 1 saturated heterocycles. The summed E-state index contributed by atoms with van der Waals surface area (Å²) in [5.41, 5.74) is 2.49. The quantitative estimate of drug-likeness (QED) is 0.639. The minimum absolute atomic E-state index is 0.274. The van der Waals surface area contributed by atoms with Crippen LogP contribution in [0.3, 0.4) is 0 Å². The molecule has 5 rings (SSSR count). The summed E-state index contributed by atoms with van der Waals surface area (Å²) >= 11 is 3.63. The maximum Gasteiger partial charge on any atom is 0.236 e. The second-order valence-electron chi connectivity index (χ2n) is 7.94. The van der Waals surface area contributed by atoms with Crippen molar-refractivity contribution in [2.24, 2.45) is 0 Å². The van der Waals surface area contributed by atoms with Gasteiger partial charge in [-0.15, -0.1) is 22.7 Å². The van der Waals surface area contributed by atoms with Gasteiger partial charge in [0.1, 0.15) is 5.01 Å². The van der Waals surface area contributed by atoms with Crippen molar-refractivity contribution in [3.8, 4) is 0 Å². The zero-order chi connectivity index (χ0) is 19.8. The van der Waals surface area contributed by atoms with Gasteiger partial charge in [0.25, 0.3) is 0 Å². The summed E-state index contributed by atoms with van der Waals surface area (Å²) in [6.07, 6.45) is 1.08. The van der Waals surface area contributed by atoms with Crippen LogP contribution in [0.4, 0.5) is 0 Å². The zero-order valence-electron chi connectivity index (χ0n) is 16.7. The number of rotatable bonds is 4. The van der Waals surface area contributed by atoms with Crippen molar-refractivity contribution < 1.29 is 4.79 Å². The molecule has 1 atom stereocenters. The van der Waals surface area contributed by atoms with Gasteiger partial charge in [0, 0.05) is 44.1 Å². The summed E-state index contributed by atoms with van der Waals surface area (Å²) < 4.78 is 1.25. The molecule has 2 aliphatic rings. The fourth-order valence-electron chi connectivity index (χ4n) is 4.32. The molecule has 2 aliphatic heterocycles. The lowest BCUT2D eigenvalue weighted by Gasteiger charge is -2.38. The SMILES string of the molecule is C[C@H](c1nc2ccccc2s1)N1CCN(C(=O)CN2CCc3sccc3C2)CC1. The topological polar surface area (TPSA) is 39.7 Å². The fraction of sp³-hybridized carbons (Fsp3) is 0.455. The largest absolute Gasteiger partial charge is 0.339 e. The molecule has 1 fully saturated rings. The minimum atomic E-state index is 0.274. The molecule has 4 heterocycles. The van der Waals surface area contributed by atoms with Crippen LogP contribution in [0.15, 0.2) is 35.7 Å². The van der Waals surface area contributed by atoms with Crippen LogP contribution in [0.25, 0.3) is 10.2 Å². The third-order valence-electron chi connectivity index (χ3n) is 6.13. The standard InChI is InChI=1S/C22H26N4OS2/c1-16(22-23-18-4-2-3-5-20(18)29-22)25-9-11-26(12-10-25)21(27)15-24-8-6-19-17(14-24)7-13-28-19/h2-5,7,13,16H,6,8-12,14-15H2,1H3/t16-/m1/s1. The van der Waals surface area contributed by atoms with Crippen molar-refractivity contribution in [3.63, 3.8) is 0 Å². The molecule has 2 aromatic heterocycles. The van der Waals surface area contributed by atoms with E-state index in [1.807, 2.05) is 22.3 Å². The van der Waals surface area contributed by atoms with Gasteiger partial charge in [-0.3, -0.25) is 14.6 Å². The number of hydrogen-bond acceptors (Lipinski definition) is 6. The number of amides is 1. The molecule has 7 heteroatoms. The van der Waals surface area contributed by atoms with Gasteiger partial charge in [-0.25, -0.2) is 4.98 Å². The maximum absolute atomic E-state index is 12.8. The van der Waals surface area contributed by atoms with Crippen LogP contribution in [0.5, 0.6) is 0 Å². The number of para-hydroxylation sites is 1. The minimum Gasteiger partial charge on any atom is -0.339 e. The van der Waals surface area contributed by atoms with E-state index in [-0.39, 0.29) is 5.91 Å². The smallest absolute Gasteiger partial charge is 0.236 e. The highest BCUT2D eigenvalue weighted by Gasteiger charge is 2.28. The fourth-order valence-corrected chi connectivity index (χ4v) is 6.26. The second kappa shape index (κ2) is 8.14. The molecule has 1 amide bonds. The van der Waals surface area contributed by atoms with Gasteiger partial charge in [-0.1, -0.05) is 12.1 Å². The Bertz CT molecular complexity index is 972. The number of hydrogen-bond donors (Lipinski definition) is 0. The van der Waals surface area contributed by atoms with Crippen molar-refractivity contribution in [1.29, 1.82) is 0 Å². The number of carbonyl (C=O) groups excluding carboxylic acids is 1. The van der Waals surface area contributed by atoms with Gasteiger partial charge in [-0.05, 0) is 42.5 Å². The Labute approximate surface area is 179 Å². The molecular formula is C22H26N4OS2. The number of benzene rings is 1. The molecular weight excluding hydrogens is 400 g/mol. The zero-order valence-corrected chi connectivity index (χ0v) is 18.3. The third kappa shape index (κ3) is 3.97. The van der Waals surface area contributed by atoms with Crippen LogP contribution in [0, 0.1) is 0 Å². The van der Waals surface area contributed by atoms with Crippen LogP contribution in [0.1, 0.15) is 28.4 Å². The molecule has 0 aliphatic carbocycles. The predicted molar refractivity (Wildman–Crippen MR) is 119 cm³/mol. The Balaban J connectivity index is 1.15. The average molecular weight is 427 g/mol. The third-order valence-corrected chi connectivity index (χ3v) is 8.36. The highest BCUT2D eigenvalue weighted by molar-refractivity contribution is 7.18. The van der Waals surface area contributed by atoms with Crippen molar-refractivity contribution in [2.45, 2.75) is 25.9 Å². The van der Waals surface area contributed by atoms with Crippen LogP contribution in [-0.2, 0) is 17.8 Å². The molecule has 0 bridgehead atoms. The van der Waals surface area contributed by atoms with Crippen LogP contribution < -0.4 is 0 Å². The van der Waals surface area contributed by atoms with E-state index in [2.05, 4.69) is 46.4 Å². The molecule has 29 heavy (non-hydrogen) atoms. The van der Waals surface area contributed by atoms with Gasteiger partial charge in [-0.2, -0.15) is 0 Å². The Morgan fingerprint density at radius 1 is 1.14 bits per heavy atom.